The molecule has 0 radical (unpaired) electrons. The molecule has 4 aliphatic rings. The van der Waals surface area contributed by atoms with Crippen LogP contribution in [-0.4, -0.2) is 11.0 Å². The molecule has 0 amide bonds. The van der Waals surface area contributed by atoms with Crippen molar-refractivity contribution in [3.05, 3.63) is 12.7 Å². The summed E-state index contributed by atoms with van der Waals surface area (Å²) in [4.78, 5) is 0. The van der Waals surface area contributed by atoms with Crippen molar-refractivity contribution < 1.29 is 0 Å². The minimum Gasteiger partial charge on any atom is -0.158 e. The van der Waals surface area contributed by atoms with Crippen molar-refractivity contribution in [3.8, 4) is 0 Å². The van der Waals surface area contributed by atoms with Gasteiger partial charge in [0.15, 0.2) is 0 Å². The number of allylic oxidation sites excluding steroid dienone is 1. The van der Waals surface area contributed by atoms with Crippen molar-refractivity contribution >= 4 is 11.8 Å². The summed E-state index contributed by atoms with van der Waals surface area (Å²) < 4.78 is 0. The molecule has 0 N–H and O–H groups in total. The molecule has 106 valence electrons. The van der Waals surface area contributed by atoms with Crippen LogP contribution in [0.5, 0.6) is 0 Å². The number of unbranched alkanes of at least 4 members (excludes halogenated alkanes) is 1. The molecule has 0 spiro atoms. The molecule has 4 saturated carbocycles. The van der Waals surface area contributed by atoms with Gasteiger partial charge in [-0.3, -0.25) is 0 Å². The zero-order chi connectivity index (χ0) is 13.0. The quantitative estimate of drug-likeness (QED) is 0.387. The molecule has 0 saturated heterocycles. The fraction of sp³-hybridized carbons (Fsp3) is 0.889. The van der Waals surface area contributed by atoms with Crippen LogP contribution in [0.15, 0.2) is 12.7 Å². The third-order valence-corrected chi connectivity index (χ3v) is 8.44. The first-order chi connectivity index (χ1) is 9.33. The average Bonchev–Trinajstić information content (AvgIpc) is 3.15. The Hall–Kier alpha value is 0.0900. The maximum atomic E-state index is 4.11. The molecule has 0 aromatic heterocycles. The van der Waals surface area contributed by atoms with E-state index >= 15 is 0 Å². The first-order valence-electron chi connectivity index (χ1n) is 8.57. The lowest BCUT2D eigenvalue weighted by Crippen LogP contribution is -2.36. The Bertz CT molecular complexity index is 363. The van der Waals surface area contributed by atoms with Gasteiger partial charge < -0.3 is 0 Å². The van der Waals surface area contributed by atoms with Gasteiger partial charge in [0.05, 0.1) is 0 Å². The van der Waals surface area contributed by atoms with E-state index in [0.29, 0.717) is 0 Å². The number of rotatable bonds is 5. The average molecular weight is 276 g/mol. The topological polar surface area (TPSA) is 0 Å². The molecular weight excluding hydrogens is 248 g/mol. The number of hydrogen-bond acceptors (Lipinski definition) is 1. The fourth-order valence-corrected chi connectivity index (χ4v) is 8.12. The van der Waals surface area contributed by atoms with Crippen molar-refractivity contribution in [2.75, 3.05) is 5.75 Å². The molecule has 0 aromatic carbocycles. The van der Waals surface area contributed by atoms with Crippen LogP contribution in [-0.2, 0) is 0 Å². The zero-order valence-electron chi connectivity index (χ0n) is 12.3. The van der Waals surface area contributed by atoms with Gasteiger partial charge >= 0.3 is 0 Å². The van der Waals surface area contributed by atoms with Gasteiger partial charge in [-0.2, -0.15) is 11.8 Å². The lowest BCUT2D eigenvalue weighted by Gasteiger charge is -2.41. The first kappa shape index (κ1) is 12.8. The van der Waals surface area contributed by atoms with Crippen LogP contribution >= 0.6 is 11.8 Å². The minimum atomic E-state index is 0.881. The van der Waals surface area contributed by atoms with Gasteiger partial charge in [-0.1, -0.05) is 19.4 Å². The second-order valence-electron chi connectivity index (χ2n) is 7.61. The fourth-order valence-electron chi connectivity index (χ4n) is 6.44. The van der Waals surface area contributed by atoms with Gasteiger partial charge in [0.25, 0.3) is 0 Å². The summed E-state index contributed by atoms with van der Waals surface area (Å²) in [5, 5.41) is 1.03. The lowest BCUT2D eigenvalue weighted by atomic mass is 9.67. The third-order valence-electron chi connectivity index (χ3n) is 6.94. The number of fused-ring (bicyclic) bond motifs is 9. The van der Waals surface area contributed by atoms with Gasteiger partial charge in [-0.05, 0) is 79.3 Å². The summed E-state index contributed by atoms with van der Waals surface area (Å²) in [5.74, 6) is 8.90. The van der Waals surface area contributed by atoms with Gasteiger partial charge in [-0.25, -0.2) is 0 Å². The monoisotopic (exact) mass is 276 g/mol. The van der Waals surface area contributed by atoms with E-state index in [1.165, 1.54) is 25.0 Å². The highest BCUT2D eigenvalue weighted by Gasteiger charge is 2.63. The summed E-state index contributed by atoms with van der Waals surface area (Å²) >= 11 is 2.33. The van der Waals surface area contributed by atoms with Crippen LogP contribution in [0.1, 0.15) is 45.4 Å². The summed E-state index contributed by atoms with van der Waals surface area (Å²) in [5.41, 5.74) is 0. The zero-order valence-corrected chi connectivity index (χ0v) is 13.1. The smallest absolute Gasteiger partial charge is 0.00810 e. The lowest BCUT2D eigenvalue weighted by molar-refractivity contribution is 0.125. The first-order valence-corrected chi connectivity index (χ1v) is 9.62. The van der Waals surface area contributed by atoms with Crippen molar-refractivity contribution in [1.29, 1.82) is 0 Å². The third kappa shape index (κ3) is 1.79. The Balaban J connectivity index is 1.47. The summed E-state index contributed by atoms with van der Waals surface area (Å²) in [6, 6.07) is 0. The highest BCUT2D eigenvalue weighted by molar-refractivity contribution is 7.99. The minimum absolute atomic E-state index is 0.881. The van der Waals surface area contributed by atoms with Crippen LogP contribution in [0.3, 0.4) is 0 Å². The Labute approximate surface area is 122 Å². The molecule has 4 fully saturated rings. The maximum Gasteiger partial charge on any atom is 0.00810 e. The van der Waals surface area contributed by atoms with Gasteiger partial charge in [-0.15, -0.1) is 6.58 Å². The van der Waals surface area contributed by atoms with E-state index in [-0.39, 0.29) is 0 Å². The van der Waals surface area contributed by atoms with Crippen LogP contribution in [0.25, 0.3) is 0 Å². The highest BCUT2D eigenvalue weighted by Crippen LogP contribution is 2.70. The van der Waals surface area contributed by atoms with E-state index in [9.17, 15) is 0 Å². The highest BCUT2D eigenvalue weighted by atomic mass is 32.2. The number of thioether (sulfide) groups is 1. The molecular formula is C18H28S. The SMILES string of the molecule is C=CC1CC2CC1C1C3CC(CC3SCCCC)C21. The normalized spacial score (nSPS) is 53.7. The van der Waals surface area contributed by atoms with Crippen LogP contribution < -0.4 is 0 Å². The molecule has 0 nitrogen and oxygen atoms in total. The molecule has 19 heavy (non-hydrogen) atoms. The Kier molecular flexibility index (Phi) is 3.25. The Morgan fingerprint density at radius 1 is 1.05 bits per heavy atom. The molecule has 4 aliphatic carbocycles. The Morgan fingerprint density at radius 2 is 1.84 bits per heavy atom. The van der Waals surface area contributed by atoms with Crippen molar-refractivity contribution in [3.63, 3.8) is 0 Å². The predicted molar refractivity (Wildman–Crippen MR) is 84.2 cm³/mol. The van der Waals surface area contributed by atoms with E-state index in [4.69, 9.17) is 0 Å². The Morgan fingerprint density at radius 3 is 2.63 bits per heavy atom. The number of hydrogen-bond donors (Lipinski definition) is 0. The van der Waals surface area contributed by atoms with Gasteiger partial charge in [0.2, 0.25) is 0 Å². The van der Waals surface area contributed by atoms with Gasteiger partial charge in [0, 0.05) is 5.25 Å². The molecule has 8 atom stereocenters. The molecule has 0 heterocycles. The van der Waals surface area contributed by atoms with Crippen LogP contribution in [0, 0.1) is 41.4 Å². The molecule has 8 unspecified atom stereocenters. The summed E-state index contributed by atoms with van der Waals surface area (Å²) in [6.45, 7) is 6.43. The molecule has 0 aliphatic heterocycles. The van der Waals surface area contributed by atoms with Crippen LogP contribution in [0.4, 0.5) is 0 Å². The molecule has 4 bridgehead atoms. The van der Waals surface area contributed by atoms with E-state index in [1.54, 1.807) is 19.3 Å². The van der Waals surface area contributed by atoms with Crippen molar-refractivity contribution in [1.82, 2.24) is 0 Å². The van der Waals surface area contributed by atoms with E-state index in [0.717, 1.165) is 46.7 Å². The molecule has 0 aromatic rings. The van der Waals surface area contributed by atoms with Gasteiger partial charge in [0.1, 0.15) is 0 Å². The van der Waals surface area contributed by atoms with Crippen molar-refractivity contribution in [2.45, 2.75) is 50.7 Å². The van der Waals surface area contributed by atoms with E-state index in [1.807, 2.05) is 0 Å². The second kappa shape index (κ2) is 4.83. The standard InChI is InChI=1S/C18H28S/c1-3-5-6-19-16-10-13-9-15(16)18-14-8-12(17(13)18)7-11(14)4-2/h4,11-18H,2-3,5-10H2,1H3. The predicted octanol–water partition coefficient (Wildman–Crippen LogP) is 5.00. The second-order valence-corrected chi connectivity index (χ2v) is 8.95. The van der Waals surface area contributed by atoms with E-state index in [2.05, 4.69) is 31.3 Å². The van der Waals surface area contributed by atoms with Crippen molar-refractivity contribution in [2.24, 2.45) is 41.4 Å². The molecule has 4 rings (SSSR count). The summed E-state index contributed by atoms with van der Waals surface area (Å²) in [6.07, 6.45) is 11.3. The largest absolute Gasteiger partial charge is 0.158 e. The summed E-state index contributed by atoms with van der Waals surface area (Å²) in [7, 11) is 0. The maximum absolute atomic E-state index is 4.11. The molecule has 1 heteroatoms. The van der Waals surface area contributed by atoms with E-state index < -0.39 is 0 Å². The van der Waals surface area contributed by atoms with Crippen LogP contribution in [0.2, 0.25) is 0 Å².